The number of ether oxygens (including phenoxy) is 2. The molecule has 0 radical (unpaired) electrons. The van der Waals surface area contributed by atoms with Crippen molar-refractivity contribution >= 4 is 23.2 Å². The van der Waals surface area contributed by atoms with Crippen LogP contribution in [-0.4, -0.2) is 53.8 Å². The summed E-state index contributed by atoms with van der Waals surface area (Å²) in [6.07, 6.45) is -1.34. The summed E-state index contributed by atoms with van der Waals surface area (Å²) >= 11 is 1.36. The largest absolute Gasteiger partial charge is 0.492 e. The highest BCUT2D eigenvalue weighted by atomic mass is 32.1. The summed E-state index contributed by atoms with van der Waals surface area (Å²) in [5.74, 6) is -0.745. The molecule has 0 aliphatic carbocycles. The molecule has 2 heterocycles. The van der Waals surface area contributed by atoms with Crippen LogP contribution < -0.4 is 4.74 Å². The minimum Gasteiger partial charge on any atom is -0.492 e. The SMILES string of the molecule is CCOc1cc(-c2ccccc2)sc1C(=O)N1CC(C(=O)O)O[C@H](C)C1. The van der Waals surface area contributed by atoms with E-state index >= 15 is 0 Å². The fourth-order valence-electron chi connectivity index (χ4n) is 2.93. The number of morpholine rings is 1. The van der Waals surface area contributed by atoms with Crippen molar-refractivity contribution in [2.24, 2.45) is 0 Å². The molecule has 0 bridgehead atoms. The minimum absolute atomic E-state index is 0.0304. The monoisotopic (exact) mass is 375 g/mol. The molecule has 1 aliphatic heterocycles. The number of hydrogen-bond acceptors (Lipinski definition) is 5. The summed E-state index contributed by atoms with van der Waals surface area (Å²) in [6, 6.07) is 11.7. The molecular weight excluding hydrogens is 354 g/mol. The first kappa shape index (κ1) is 18.4. The molecule has 2 atom stereocenters. The molecule has 1 fully saturated rings. The van der Waals surface area contributed by atoms with Gasteiger partial charge in [0.2, 0.25) is 0 Å². The number of carbonyl (C=O) groups is 2. The molecule has 3 rings (SSSR count). The van der Waals surface area contributed by atoms with Crippen LogP contribution in [0.5, 0.6) is 5.75 Å². The molecule has 1 aliphatic rings. The number of carbonyl (C=O) groups excluding carboxylic acids is 1. The van der Waals surface area contributed by atoms with Crippen molar-refractivity contribution in [3.63, 3.8) is 0 Å². The summed E-state index contributed by atoms with van der Waals surface area (Å²) in [6.45, 7) is 4.46. The van der Waals surface area contributed by atoms with Gasteiger partial charge < -0.3 is 19.5 Å². The molecule has 1 saturated heterocycles. The number of amides is 1. The minimum atomic E-state index is -1.06. The lowest BCUT2D eigenvalue weighted by Crippen LogP contribution is -2.51. The van der Waals surface area contributed by atoms with E-state index in [1.165, 1.54) is 16.2 Å². The van der Waals surface area contributed by atoms with Crippen molar-refractivity contribution in [1.82, 2.24) is 4.90 Å². The van der Waals surface area contributed by atoms with Gasteiger partial charge in [-0.25, -0.2) is 4.79 Å². The predicted molar refractivity (Wildman–Crippen MR) is 98.8 cm³/mol. The second-order valence-electron chi connectivity index (χ2n) is 6.09. The summed E-state index contributed by atoms with van der Waals surface area (Å²) in [5.41, 5.74) is 1.01. The third-order valence-electron chi connectivity index (χ3n) is 4.07. The molecular formula is C19H21NO5S. The number of carboxylic acid groups (broad SMARTS) is 1. The van der Waals surface area contributed by atoms with Crippen LogP contribution in [0.15, 0.2) is 36.4 Å². The first-order valence-electron chi connectivity index (χ1n) is 8.49. The van der Waals surface area contributed by atoms with Crippen LogP contribution in [-0.2, 0) is 9.53 Å². The number of rotatable bonds is 5. The van der Waals surface area contributed by atoms with Gasteiger partial charge in [0.1, 0.15) is 10.6 Å². The van der Waals surface area contributed by atoms with Crippen LogP contribution in [0, 0.1) is 0 Å². The van der Waals surface area contributed by atoms with E-state index in [0.29, 0.717) is 23.8 Å². The second-order valence-corrected chi connectivity index (χ2v) is 7.14. The predicted octanol–water partition coefficient (Wildman–Crippen LogP) is 3.13. The summed E-state index contributed by atoms with van der Waals surface area (Å²) < 4.78 is 11.1. The second kappa shape index (κ2) is 7.88. The Kier molecular flexibility index (Phi) is 5.58. The van der Waals surface area contributed by atoms with Crippen LogP contribution in [0.25, 0.3) is 10.4 Å². The number of thiophene rings is 1. The van der Waals surface area contributed by atoms with Gasteiger partial charge in [0.25, 0.3) is 5.91 Å². The van der Waals surface area contributed by atoms with Crippen LogP contribution in [0.2, 0.25) is 0 Å². The third-order valence-corrected chi connectivity index (χ3v) is 5.23. The molecule has 7 heteroatoms. The van der Waals surface area contributed by atoms with Gasteiger partial charge in [-0.05, 0) is 25.5 Å². The smallest absolute Gasteiger partial charge is 0.334 e. The van der Waals surface area contributed by atoms with Crippen LogP contribution in [0.4, 0.5) is 0 Å². The van der Waals surface area contributed by atoms with Gasteiger partial charge in [-0.1, -0.05) is 30.3 Å². The van der Waals surface area contributed by atoms with Gasteiger partial charge in [-0.3, -0.25) is 4.79 Å². The molecule has 1 N–H and O–H groups in total. The molecule has 1 aromatic carbocycles. The van der Waals surface area contributed by atoms with Crippen LogP contribution in [0.3, 0.4) is 0 Å². The van der Waals surface area contributed by atoms with Gasteiger partial charge in [-0.2, -0.15) is 0 Å². The van der Waals surface area contributed by atoms with E-state index < -0.39 is 12.1 Å². The first-order chi connectivity index (χ1) is 12.5. The number of hydrogen-bond donors (Lipinski definition) is 1. The van der Waals surface area contributed by atoms with Crippen molar-refractivity contribution in [2.45, 2.75) is 26.1 Å². The zero-order valence-electron chi connectivity index (χ0n) is 14.7. The zero-order valence-corrected chi connectivity index (χ0v) is 15.5. The number of benzene rings is 1. The fraction of sp³-hybridized carbons (Fsp3) is 0.368. The maximum Gasteiger partial charge on any atom is 0.334 e. The fourth-order valence-corrected chi connectivity index (χ4v) is 4.00. The molecule has 26 heavy (non-hydrogen) atoms. The van der Waals surface area contributed by atoms with E-state index in [1.54, 1.807) is 6.92 Å². The number of nitrogens with zero attached hydrogens (tertiary/aromatic N) is 1. The molecule has 6 nitrogen and oxygen atoms in total. The van der Waals surface area contributed by atoms with Crippen molar-refractivity contribution in [2.75, 3.05) is 19.7 Å². The zero-order chi connectivity index (χ0) is 18.7. The molecule has 1 amide bonds. The van der Waals surface area contributed by atoms with Gasteiger partial charge in [0.15, 0.2) is 6.10 Å². The average molecular weight is 375 g/mol. The normalized spacial score (nSPS) is 20.0. The van der Waals surface area contributed by atoms with E-state index in [4.69, 9.17) is 9.47 Å². The van der Waals surface area contributed by atoms with Crippen molar-refractivity contribution in [3.05, 3.63) is 41.3 Å². The maximum atomic E-state index is 13.1. The Bertz CT molecular complexity index is 788. The van der Waals surface area contributed by atoms with Crippen molar-refractivity contribution in [3.8, 4) is 16.2 Å². The summed E-state index contributed by atoms with van der Waals surface area (Å²) in [4.78, 5) is 27.3. The highest BCUT2D eigenvalue weighted by molar-refractivity contribution is 7.17. The highest BCUT2D eigenvalue weighted by Crippen LogP contribution is 2.37. The van der Waals surface area contributed by atoms with E-state index in [9.17, 15) is 14.7 Å². The lowest BCUT2D eigenvalue weighted by atomic mass is 10.2. The lowest BCUT2D eigenvalue weighted by molar-refractivity contribution is -0.160. The van der Waals surface area contributed by atoms with E-state index in [1.807, 2.05) is 43.3 Å². The van der Waals surface area contributed by atoms with Gasteiger partial charge in [0.05, 0.1) is 19.3 Å². The topological polar surface area (TPSA) is 76.1 Å². The quantitative estimate of drug-likeness (QED) is 0.869. The van der Waals surface area contributed by atoms with Gasteiger partial charge in [0, 0.05) is 11.4 Å². The lowest BCUT2D eigenvalue weighted by Gasteiger charge is -2.34. The van der Waals surface area contributed by atoms with E-state index in [2.05, 4.69) is 0 Å². The van der Waals surface area contributed by atoms with Gasteiger partial charge >= 0.3 is 5.97 Å². The molecule has 0 spiro atoms. The molecule has 138 valence electrons. The summed E-state index contributed by atoms with van der Waals surface area (Å²) in [7, 11) is 0. The molecule has 1 aromatic heterocycles. The van der Waals surface area contributed by atoms with Crippen molar-refractivity contribution in [1.29, 1.82) is 0 Å². The van der Waals surface area contributed by atoms with Crippen LogP contribution in [0.1, 0.15) is 23.5 Å². The maximum absolute atomic E-state index is 13.1. The first-order valence-corrected chi connectivity index (χ1v) is 9.30. The third kappa shape index (κ3) is 3.89. The average Bonchev–Trinajstić information content (AvgIpc) is 3.05. The Labute approximate surface area is 156 Å². The number of carboxylic acids is 1. The standard InChI is InChI=1S/C19H21NO5S/c1-3-24-14-9-16(13-7-5-4-6-8-13)26-17(14)18(21)20-10-12(2)25-15(11-20)19(22)23/h4-9,12,15H,3,10-11H2,1-2H3,(H,22,23)/t12-,15?/m1/s1. The Morgan fingerprint density at radius 2 is 2.04 bits per heavy atom. The number of aliphatic carboxylic acids is 1. The highest BCUT2D eigenvalue weighted by Gasteiger charge is 2.34. The Balaban J connectivity index is 1.90. The van der Waals surface area contributed by atoms with Crippen molar-refractivity contribution < 1.29 is 24.2 Å². The molecule has 0 saturated carbocycles. The van der Waals surface area contributed by atoms with E-state index in [0.717, 1.165) is 10.4 Å². The Hall–Kier alpha value is -2.38. The molecule has 2 aromatic rings. The molecule has 1 unspecified atom stereocenters. The van der Waals surface area contributed by atoms with Gasteiger partial charge in [-0.15, -0.1) is 11.3 Å². The Morgan fingerprint density at radius 3 is 2.69 bits per heavy atom. The Morgan fingerprint density at radius 1 is 1.31 bits per heavy atom. The summed E-state index contributed by atoms with van der Waals surface area (Å²) in [5, 5.41) is 9.23. The van der Waals surface area contributed by atoms with Crippen LogP contribution >= 0.6 is 11.3 Å². The van der Waals surface area contributed by atoms with E-state index in [-0.39, 0.29) is 18.6 Å².